The highest BCUT2D eigenvalue weighted by molar-refractivity contribution is 5.82. The maximum atomic E-state index is 5.81. The van der Waals surface area contributed by atoms with E-state index in [1.165, 1.54) is 36.6 Å². The zero-order chi connectivity index (χ0) is 10.3. The van der Waals surface area contributed by atoms with Crippen molar-refractivity contribution in [1.29, 1.82) is 0 Å². The average Bonchev–Trinajstić information content (AvgIpc) is 2.82. The molecule has 0 bridgehead atoms. The van der Waals surface area contributed by atoms with Crippen LogP contribution >= 0.6 is 0 Å². The van der Waals surface area contributed by atoms with Gasteiger partial charge in [-0.2, -0.15) is 0 Å². The van der Waals surface area contributed by atoms with Gasteiger partial charge in [0.1, 0.15) is 11.3 Å². The Hall–Kier alpha value is -1.24. The van der Waals surface area contributed by atoms with Crippen LogP contribution in [0.3, 0.4) is 0 Å². The minimum absolute atomic E-state index is 0.744. The highest BCUT2D eigenvalue weighted by Crippen LogP contribution is 2.40. The fraction of sp³-hybridized carbons (Fsp3) is 0.429. The zero-order valence-electron chi connectivity index (χ0n) is 9.12. The second-order valence-electron chi connectivity index (χ2n) is 4.55. The van der Waals surface area contributed by atoms with Gasteiger partial charge in [0.05, 0.1) is 0 Å². The molecule has 1 aromatic heterocycles. The first kappa shape index (κ1) is 9.02. The van der Waals surface area contributed by atoms with Gasteiger partial charge in [-0.3, -0.25) is 0 Å². The number of hydrogen-bond donors (Lipinski definition) is 0. The molecule has 0 amide bonds. The van der Waals surface area contributed by atoms with Crippen LogP contribution in [-0.4, -0.2) is 0 Å². The van der Waals surface area contributed by atoms with Crippen molar-refractivity contribution in [2.45, 2.75) is 38.5 Å². The minimum atomic E-state index is 0.744. The topological polar surface area (TPSA) is 13.1 Å². The summed E-state index contributed by atoms with van der Waals surface area (Å²) >= 11 is 0. The number of hydrogen-bond acceptors (Lipinski definition) is 1. The second-order valence-corrected chi connectivity index (χ2v) is 4.55. The van der Waals surface area contributed by atoms with Crippen LogP contribution < -0.4 is 0 Å². The second kappa shape index (κ2) is 3.41. The Labute approximate surface area is 90.1 Å². The molecule has 0 spiro atoms. The minimum Gasteiger partial charge on any atom is -0.461 e. The van der Waals surface area contributed by atoms with Crippen molar-refractivity contribution in [2.24, 2.45) is 0 Å². The Morgan fingerprint density at radius 3 is 2.67 bits per heavy atom. The number of aryl methyl sites for hydroxylation is 1. The first-order chi connectivity index (χ1) is 7.36. The van der Waals surface area contributed by atoms with Crippen LogP contribution in [0, 0.1) is 6.92 Å². The van der Waals surface area contributed by atoms with Crippen LogP contribution in [0.4, 0.5) is 0 Å². The monoisotopic (exact) mass is 200 g/mol. The van der Waals surface area contributed by atoms with Crippen molar-refractivity contribution in [3.05, 3.63) is 35.6 Å². The molecule has 1 nitrogen and oxygen atoms in total. The van der Waals surface area contributed by atoms with Crippen LogP contribution in [-0.2, 0) is 0 Å². The summed E-state index contributed by atoms with van der Waals surface area (Å²) in [6, 6.07) is 8.42. The molecule has 3 rings (SSSR count). The lowest BCUT2D eigenvalue weighted by Crippen LogP contribution is -1.92. The van der Waals surface area contributed by atoms with Gasteiger partial charge in [-0.05, 0) is 31.7 Å². The smallest absolute Gasteiger partial charge is 0.134 e. The van der Waals surface area contributed by atoms with E-state index < -0.39 is 0 Å². The van der Waals surface area contributed by atoms with E-state index in [1.54, 1.807) is 0 Å². The van der Waals surface area contributed by atoms with Crippen molar-refractivity contribution in [3.63, 3.8) is 0 Å². The van der Waals surface area contributed by atoms with Gasteiger partial charge in [0, 0.05) is 10.9 Å². The van der Waals surface area contributed by atoms with Gasteiger partial charge in [0.2, 0.25) is 0 Å². The normalized spacial score (nSPS) is 17.7. The van der Waals surface area contributed by atoms with E-state index in [4.69, 9.17) is 4.42 Å². The van der Waals surface area contributed by atoms with Crippen LogP contribution in [0.25, 0.3) is 11.0 Å². The Balaban J connectivity index is 2.19. The summed E-state index contributed by atoms with van der Waals surface area (Å²) in [7, 11) is 0. The summed E-state index contributed by atoms with van der Waals surface area (Å²) in [5.74, 6) is 1.87. The van der Waals surface area contributed by atoms with Crippen LogP contribution in [0.5, 0.6) is 0 Å². The van der Waals surface area contributed by atoms with E-state index >= 15 is 0 Å². The molecule has 0 radical (unpaired) electrons. The van der Waals surface area contributed by atoms with Crippen molar-refractivity contribution in [2.75, 3.05) is 0 Å². The predicted molar refractivity (Wildman–Crippen MR) is 62.2 cm³/mol. The molecular formula is C14H16O. The first-order valence-corrected chi connectivity index (χ1v) is 5.84. The summed E-state index contributed by atoms with van der Waals surface area (Å²) in [6.45, 7) is 2.10. The van der Waals surface area contributed by atoms with Gasteiger partial charge < -0.3 is 4.42 Å². The van der Waals surface area contributed by atoms with E-state index in [1.807, 2.05) is 6.07 Å². The van der Waals surface area contributed by atoms with Crippen molar-refractivity contribution >= 4 is 11.0 Å². The van der Waals surface area contributed by atoms with Crippen molar-refractivity contribution < 1.29 is 4.42 Å². The van der Waals surface area contributed by atoms with E-state index in [2.05, 4.69) is 25.1 Å². The summed E-state index contributed by atoms with van der Waals surface area (Å²) in [5, 5.41) is 1.34. The molecule has 1 fully saturated rings. The lowest BCUT2D eigenvalue weighted by molar-refractivity contribution is 0.561. The van der Waals surface area contributed by atoms with Crippen LogP contribution in [0.15, 0.2) is 28.7 Å². The number of fused-ring (bicyclic) bond motifs is 1. The number of benzene rings is 1. The third-order valence-corrected chi connectivity index (χ3v) is 3.58. The van der Waals surface area contributed by atoms with Crippen molar-refractivity contribution in [3.8, 4) is 0 Å². The van der Waals surface area contributed by atoms with Gasteiger partial charge >= 0.3 is 0 Å². The molecule has 0 unspecified atom stereocenters. The molecule has 1 heteroatoms. The first-order valence-electron chi connectivity index (χ1n) is 5.84. The highest BCUT2D eigenvalue weighted by atomic mass is 16.3. The molecule has 1 heterocycles. The SMILES string of the molecule is Cc1oc2ccccc2c1C1CCCC1. The van der Waals surface area contributed by atoms with E-state index in [-0.39, 0.29) is 0 Å². The van der Waals surface area contributed by atoms with Gasteiger partial charge in [0.15, 0.2) is 0 Å². The Morgan fingerprint density at radius 1 is 1.13 bits per heavy atom. The quantitative estimate of drug-likeness (QED) is 0.665. The average molecular weight is 200 g/mol. The van der Waals surface area contributed by atoms with Crippen molar-refractivity contribution in [1.82, 2.24) is 0 Å². The summed E-state index contributed by atoms with van der Waals surface area (Å²) < 4.78 is 5.81. The maximum absolute atomic E-state index is 5.81. The Bertz CT molecular complexity index is 475. The molecule has 1 aliphatic rings. The fourth-order valence-electron chi connectivity index (χ4n) is 2.91. The largest absolute Gasteiger partial charge is 0.461 e. The highest BCUT2D eigenvalue weighted by Gasteiger charge is 2.23. The molecule has 0 saturated heterocycles. The summed E-state index contributed by atoms with van der Waals surface area (Å²) in [5.41, 5.74) is 2.53. The molecule has 0 atom stereocenters. The molecule has 15 heavy (non-hydrogen) atoms. The van der Waals surface area contributed by atoms with E-state index in [0.717, 1.165) is 17.3 Å². The molecule has 1 aliphatic carbocycles. The van der Waals surface area contributed by atoms with Crippen LogP contribution in [0.1, 0.15) is 42.9 Å². The molecule has 1 saturated carbocycles. The fourth-order valence-corrected chi connectivity index (χ4v) is 2.91. The number of furan rings is 1. The van der Waals surface area contributed by atoms with E-state index in [0.29, 0.717) is 0 Å². The summed E-state index contributed by atoms with van der Waals surface area (Å²) in [6.07, 6.45) is 5.43. The third-order valence-electron chi connectivity index (χ3n) is 3.58. The predicted octanol–water partition coefficient (Wildman–Crippen LogP) is 4.40. The molecule has 2 aromatic rings. The van der Waals surface area contributed by atoms with Crippen LogP contribution in [0.2, 0.25) is 0 Å². The third kappa shape index (κ3) is 1.38. The molecule has 1 aromatic carbocycles. The molecular weight excluding hydrogens is 184 g/mol. The molecule has 0 aliphatic heterocycles. The van der Waals surface area contributed by atoms with Gasteiger partial charge in [-0.1, -0.05) is 31.0 Å². The maximum Gasteiger partial charge on any atom is 0.134 e. The van der Waals surface area contributed by atoms with E-state index in [9.17, 15) is 0 Å². The van der Waals surface area contributed by atoms with Gasteiger partial charge in [-0.15, -0.1) is 0 Å². The Morgan fingerprint density at radius 2 is 1.87 bits per heavy atom. The van der Waals surface area contributed by atoms with Gasteiger partial charge in [0.25, 0.3) is 0 Å². The number of para-hydroxylation sites is 1. The van der Waals surface area contributed by atoms with Gasteiger partial charge in [-0.25, -0.2) is 0 Å². The Kier molecular flexibility index (Phi) is 2.05. The summed E-state index contributed by atoms with van der Waals surface area (Å²) in [4.78, 5) is 0. The lowest BCUT2D eigenvalue weighted by atomic mass is 9.95. The lowest BCUT2D eigenvalue weighted by Gasteiger charge is -2.07. The molecule has 78 valence electrons. The number of rotatable bonds is 1. The zero-order valence-corrected chi connectivity index (χ0v) is 9.12. The molecule has 0 N–H and O–H groups in total. The standard InChI is InChI=1S/C14H16O/c1-10-14(11-6-2-3-7-11)12-8-4-5-9-13(12)15-10/h4-5,8-9,11H,2-3,6-7H2,1H3.